The van der Waals surface area contributed by atoms with Crippen LogP contribution >= 0.6 is 0 Å². The third kappa shape index (κ3) is 60.8. The maximum absolute atomic E-state index is 12.7. The second-order valence-electron chi connectivity index (χ2n) is 24.9. The zero-order chi connectivity index (χ0) is 58.0. The average Bonchev–Trinajstić information content (AvgIpc) is 3.46. The summed E-state index contributed by atoms with van der Waals surface area (Å²) in [7, 11) is 0. The number of hydrogen-bond donors (Lipinski definition) is 5. The Morgan fingerprint density at radius 3 is 0.787 bits per heavy atom. The maximum atomic E-state index is 12.7. The highest BCUT2D eigenvalue weighted by Gasteiger charge is 2.28. The second-order valence-corrected chi connectivity index (χ2v) is 24.9. The van der Waals surface area contributed by atoms with Crippen LogP contribution in [0.15, 0.2) is 48.6 Å². The van der Waals surface area contributed by atoms with Crippen LogP contribution in [0.1, 0.15) is 386 Å². The van der Waals surface area contributed by atoms with E-state index >= 15 is 0 Å². The van der Waals surface area contributed by atoms with E-state index in [4.69, 9.17) is 0 Å². The molecule has 0 fully saturated rings. The van der Waals surface area contributed by atoms with Crippen molar-refractivity contribution in [3.8, 4) is 0 Å². The summed E-state index contributed by atoms with van der Waals surface area (Å²) in [6.07, 6.45) is 89.7. The molecule has 0 aliphatic heterocycles. The Hall–Kier alpha value is -1.73. The van der Waals surface area contributed by atoms with Gasteiger partial charge in [-0.3, -0.25) is 4.79 Å². The topological polar surface area (TPSA) is 110 Å². The zero-order valence-electron chi connectivity index (χ0n) is 53.8. The lowest BCUT2D eigenvalue weighted by Gasteiger charge is -2.27. The number of amides is 1. The van der Waals surface area contributed by atoms with E-state index in [1.54, 1.807) is 0 Å². The van der Waals surface area contributed by atoms with Gasteiger partial charge in [-0.05, 0) is 89.9 Å². The Labute approximate surface area is 500 Å². The molecule has 6 heteroatoms. The fourth-order valence-electron chi connectivity index (χ4n) is 11.4. The van der Waals surface area contributed by atoms with E-state index in [1.165, 1.54) is 302 Å². The van der Waals surface area contributed by atoms with Gasteiger partial charge in [-0.1, -0.05) is 345 Å². The number of nitrogens with one attached hydrogen (secondary N) is 1. The van der Waals surface area contributed by atoms with Crippen molar-refractivity contribution in [2.24, 2.45) is 0 Å². The van der Waals surface area contributed by atoms with Gasteiger partial charge in [0.15, 0.2) is 0 Å². The Morgan fingerprint density at radius 2 is 0.525 bits per heavy atom. The lowest BCUT2D eigenvalue weighted by atomic mass is 10.00. The van der Waals surface area contributed by atoms with Crippen LogP contribution in [-0.2, 0) is 4.79 Å². The highest BCUT2D eigenvalue weighted by Crippen LogP contribution is 2.19. The summed E-state index contributed by atoms with van der Waals surface area (Å²) in [5, 5.41) is 44.2. The molecular weight excluding hydrogens is 983 g/mol. The van der Waals surface area contributed by atoms with Gasteiger partial charge in [-0.2, -0.15) is 0 Å². The molecule has 4 atom stereocenters. The molecule has 0 aromatic rings. The van der Waals surface area contributed by atoms with Gasteiger partial charge < -0.3 is 25.7 Å². The van der Waals surface area contributed by atoms with E-state index in [0.29, 0.717) is 19.3 Å². The maximum Gasteiger partial charge on any atom is 0.249 e. The molecule has 0 saturated heterocycles. The minimum atomic E-state index is -1.30. The second kappa shape index (κ2) is 68.1. The lowest BCUT2D eigenvalue weighted by Crippen LogP contribution is -2.53. The van der Waals surface area contributed by atoms with Crippen LogP contribution < -0.4 is 5.32 Å². The predicted molar refractivity (Wildman–Crippen MR) is 353 cm³/mol. The summed E-state index contributed by atoms with van der Waals surface area (Å²) in [5.41, 5.74) is 0. The molecule has 4 unspecified atom stereocenters. The van der Waals surface area contributed by atoms with E-state index in [9.17, 15) is 25.2 Å². The highest BCUT2D eigenvalue weighted by atomic mass is 16.3. The Kier molecular flexibility index (Phi) is 66.6. The molecule has 5 N–H and O–H groups in total. The molecule has 0 radical (unpaired) electrons. The van der Waals surface area contributed by atoms with Gasteiger partial charge in [-0.15, -0.1) is 0 Å². The van der Waals surface area contributed by atoms with Crippen LogP contribution in [0.2, 0.25) is 0 Å². The third-order valence-electron chi connectivity index (χ3n) is 17.0. The third-order valence-corrected chi connectivity index (χ3v) is 17.0. The number of unbranched alkanes of at least 4 members (excludes halogenated alkanes) is 50. The van der Waals surface area contributed by atoms with Crippen molar-refractivity contribution in [1.29, 1.82) is 0 Å². The van der Waals surface area contributed by atoms with Crippen molar-refractivity contribution >= 4 is 5.91 Å². The van der Waals surface area contributed by atoms with Gasteiger partial charge in [0.2, 0.25) is 5.91 Å². The summed E-state index contributed by atoms with van der Waals surface area (Å²) in [4.78, 5) is 12.7. The van der Waals surface area contributed by atoms with Crippen LogP contribution in [0, 0.1) is 0 Å². The predicted octanol–water partition coefficient (Wildman–Crippen LogP) is 22.4. The molecule has 0 aromatic carbocycles. The van der Waals surface area contributed by atoms with Crippen LogP contribution in [0.5, 0.6) is 0 Å². The first-order chi connectivity index (χ1) is 39.5. The summed E-state index contributed by atoms with van der Waals surface area (Å²) >= 11 is 0. The standard InChI is InChI=1S/C74H141NO5/c1-3-5-7-9-11-13-15-17-19-21-23-25-27-29-31-32-33-34-35-36-37-38-39-40-41-42-44-46-48-50-52-54-56-58-60-62-64-66-68-72(78)74(80)75-70(69-76)73(79)71(77)67-65-63-61-59-57-55-53-51-49-47-45-43-30-28-26-24-22-20-18-16-14-12-10-8-6-4-2/h36-37,43,45,51,53,59,61,70-73,76-79H,3-35,38-42,44,46-50,52,54-58,60,62-69H2,1-2H3,(H,75,80)/b37-36-,45-43+,53-51+,61-59+. The molecule has 0 bridgehead atoms. The van der Waals surface area contributed by atoms with Crippen LogP contribution in [0.4, 0.5) is 0 Å². The number of aliphatic hydroxyl groups is 4. The van der Waals surface area contributed by atoms with Crippen molar-refractivity contribution in [2.45, 2.75) is 411 Å². The van der Waals surface area contributed by atoms with E-state index < -0.39 is 36.9 Å². The summed E-state index contributed by atoms with van der Waals surface area (Å²) in [6, 6.07) is -1.01. The fraction of sp³-hybridized carbons (Fsp3) is 0.878. The number of rotatable bonds is 67. The molecule has 1 amide bonds. The smallest absolute Gasteiger partial charge is 0.249 e. The molecule has 0 spiro atoms. The fourth-order valence-corrected chi connectivity index (χ4v) is 11.4. The molecule has 472 valence electrons. The van der Waals surface area contributed by atoms with Crippen LogP contribution in [0.25, 0.3) is 0 Å². The Bertz CT molecular complexity index is 1310. The number of aliphatic hydroxyl groups excluding tert-OH is 4. The minimum Gasteiger partial charge on any atom is -0.394 e. The van der Waals surface area contributed by atoms with E-state index in [-0.39, 0.29) is 0 Å². The molecule has 6 nitrogen and oxygen atoms in total. The van der Waals surface area contributed by atoms with Crippen molar-refractivity contribution in [3.63, 3.8) is 0 Å². The van der Waals surface area contributed by atoms with Crippen molar-refractivity contribution < 1.29 is 25.2 Å². The largest absolute Gasteiger partial charge is 0.394 e. The SMILES string of the molecule is CCCCCCCCCCCCCCC/C=C/CC/C=C/CC/C=C/CCCC(O)C(O)C(CO)NC(=O)C(O)CCCCCCCCCCCCCCCCCC/C=C\CCCCCCCCCCCCCCCCCCCC. The normalized spacial score (nSPS) is 13.7. The quantitative estimate of drug-likeness (QED) is 0.0308. The molecule has 80 heavy (non-hydrogen) atoms. The van der Waals surface area contributed by atoms with Crippen molar-refractivity contribution in [1.82, 2.24) is 5.32 Å². The first kappa shape index (κ1) is 78.3. The Balaban J connectivity index is 3.58. The van der Waals surface area contributed by atoms with E-state index in [0.717, 1.165) is 51.4 Å². The molecular formula is C74H141NO5. The first-order valence-electron chi connectivity index (χ1n) is 36.0. The number of allylic oxidation sites excluding steroid dienone is 8. The zero-order valence-corrected chi connectivity index (χ0v) is 53.8. The van der Waals surface area contributed by atoms with Crippen LogP contribution in [-0.4, -0.2) is 57.3 Å². The van der Waals surface area contributed by atoms with Gasteiger partial charge in [-0.25, -0.2) is 0 Å². The highest BCUT2D eigenvalue weighted by molar-refractivity contribution is 5.80. The Morgan fingerprint density at radius 1 is 0.300 bits per heavy atom. The lowest BCUT2D eigenvalue weighted by molar-refractivity contribution is -0.132. The number of hydrogen-bond acceptors (Lipinski definition) is 5. The van der Waals surface area contributed by atoms with Gasteiger partial charge in [0.05, 0.1) is 18.8 Å². The number of carbonyl (C=O) groups is 1. The van der Waals surface area contributed by atoms with Crippen LogP contribution in [0.3, 0.4) is 0 Å². The molecule has 0 saturated carbocycles. The monoisotopic (exact) mass is 1120 g/mol. The summed E-state index contributed by atoms with van der Waals surface area (Å²) in [5.74, 6) is -0.594. The van der Waals surface area contributed by atoms with Gasteiger partial charge in [0.25, 0.3) is 0 Å². The van der Waals surface area contributed by atoms with E-state index in [2.05, 4.69) is 67.8 Å². The molecule has 0 aromatic heterocycles. The average molecular weight is 1120 g/mol. The van der Waals surface area contributed by atoms with Gasteiger partial charge in [0, 0.05) is 0 Å². The molecule has 0 rings (SSSR count). The first-order valence-corrected chi connectivity index (χ1v) is 36.0. The molecule has 0 aliphatic carbocycles. The summed E-state index contributed by atoms with van der Waals surface area (Å²) < 4.78 is 0. The van der Waals surface area contributed by atoms with Crippen molar-refractivity contribution in [2.75, 3.05) is 6.61 Å². The van der Waals surface area contributed by atoms with Crippen molar-refractivity contribution in [3.05, 3.63) is 48.6 Å². The molecule has 0 aliphatic rings. The van der Waals surface area contributed by atoms with E-state index in [1.807, 2.05) is 0 Å². The van der Waals surface area contributed by atoms with Gasteiger partial charge >= 0.3 is 0 Å². The van der Waals surface area contributed by atoms with Gasteiger partial charge in [0.1, 0.15) is 12.2 Å². The molecule has 0 heterocycles. The summed E-state index contributed by atoms with van der Waals surface area (Å²) in [6.45, 7) is 4.09. The minimum absolute atomic E-state index is 0.360. The number of carbonyl (C=O) groups excluding carboxylic acids is 1.